The highest BCUT2D eigenvalue weighted by Gasteiger charge is 2.17. The standard InChI is InChI=1S/2C15H13NO3/c2*1-2-11-10-13(8-9-14(11)16(18)19)15(17)12-6-4-3-5-7-12/h2*3-10H,2H2,1H3. The maximum absolute atomic E-state index is 12.2. The molecule has 0 saturated carbocycles. The molecule has 0 unspecified atom stereocenters. The van der Waals surface area contributed by atoms with Crippen molar-refractivity contribution in [1.29, 1.82) is 0 Å². The Hall–Kier alpha value is -4.98. The van der Waals surface area contributed by atoms with Gasteiger partial charge in [0.15, 0.2) is 11.6 Å². The first-order valence-electron chi connectivity index (χ1n) is 12.0. The minimum Gasteiger partial charge on any atom is -0.289 e. The summed E-state index contributed by atoms with van der Waals surface area (Å²) >= 11 is 0. The fourth-order valence-electron chi connectivity index (χ4n) is 3.89. The second kappa shape index (κ2) is 12.8. The number of nitro groups is 2. The number of benzene rings is 4. The van der Waals surface area contributed by atoms with Gasteiger partial charge >= 0.3 is 0 Å². The molecule has 0 bridgehead atoms. The summed E-state index contributed by atoms with van der Waals surface area (Å²) in [6, 6.07) is 26.8. The highest BCUT2D eigenvalue weighted by atomic mass is 16.6. The van der Waals surface area contributed by atoms with Gasteiger partial charge in [-0.05, 0) is 37.1 Å². The summed E-state index contributed by atoms with van der Waals surface area (Å²) in [4.78, 5) is 45.3. The van der Waals surface area contributed by atoms with E-state index in [2.05, 4.69) is 0 Å². The topological polar surface area (TPSA) is 120 Å². The van der Waals surface area contributed by atoms with Crippen molar-refractivity contribution in [1.82, 2.24) is 0 Å². The number of ketones is 2. The normalized spacial score (nSPS) is 10.2. The van der Waals surface area contributed by atoms with Crippen LogP contribution in [0.5, 0.6) is 0 Å². The Kier molecular flexibility index (Phi) is 9.31. The molecule has 0 N–H and O–H groups in total. The maximum Gasteiger partial charge on any atom is 0.272 e. The summed E-state index contributed by atoms with van der Waals surface area (Å²) in [5.41, 5.74) is 3.40. The predicted molar refractivity (Wildman–Crippen MR) is 145 cm³/mol. The van der Waals surface area contributed by atoms with E-state index in [1.165, 1.54) is 24.3 Å². The molecule has 0 aliphatic heterocycles. The van der Waals surface area contributed by atoms with Crippen molar-refractivity contribution in [3.8, 4) is 0 Å². The molecule has 0 spiro atoms. The number of aryl methyl sites for hydroxylation is 2. The second-order valence-electron chi connectivity index (χ2n) is 8.30. The third-order valence-electron chi connectivity index (χ3n) is 5.91. The van der Waals surface area contributed by atoms with Gasteiger partial charge < -0.3 is 0 Å². The van der Waals surface area contributed by atoms with Crippen molar-refractivity contribution in [2.24, 2.45) is 0 Å². The van der Waals surface area contributed by atoms with Gasteiger partial charge in [-0.2, -0.15) is 0 Å². The van der Waals surface area contributed by atoms with Crippen LogP contribution in [-0.4, -0.2) is 21.4 Å². The van der Waals surface area contributed by atoms with E-state index in [0.717, 1.165) is 0 Å². The molecule has 0 aromatic heterocycles. The largest absolute Gasteiger partial charge is 0.289 e. The van der Waals surface area contributed by atoms with Crippen molar-refractivity contribution < 1.29 is 19.4 Å². The van der Waals surface area contributed by atoms with Crippen molar-refractivity contribution in [2.75, 3.05) is 0 Å². The number of hydrogen-bond donors (Lipinski definition) is 0. The summed E-state index contributed by atoms with van der Waals surface area (Å²) < 4.78 is 0. The molecule has 8 heteroatoms. The zero-order chi connectivity index (χ0) is 27.7. The van der Waals surface area contributed by atoms with E-state index < -0.39 is 9.85 Å². The zero-order valence-corrected chi connectivity index (χ0v) is 21.0. The molecule has 0 aliphatic rings. The van der Waals surface area contributed by atoms with Crippen molar-refractivity contribution in [2.45, 2.75) is 26.7 Å². The molecule has 0 amide bonds. The van der Waals surface area contributed by atoms with Crippen LogP contribution in [0.3, 0.4) is 0 Å². The van der Waals surface area contributed by atoms with Crippen molar-refractivity contribution in [3.05, 3.63) is 151 Å². The molecule has 8 nitrogen and oxygen atoms in total. The van der Waals surface area contributed by atoms with Crippen molar-refractivity contribution in [3.63, 3.8) is 0 Å². The smallest absolute Gasteiger partial charge is 0.272 e. The van der Waals surface area contributed by atoms with Crippen LogP contribution in [0.25, 0.3) is 0 Å². The Morgan fingerprint density at radius 3 is 1.18 bits per heavy atom. The van der Waals surface area contributed by atoms with Gasteiger partial charge in [0, 0.05) is 45.5 Å². The average Bonchev–Trinajstić information content (AvgIpc) is 2.96. The molecule has 0 saturated heterocycles. The quantitative estimate of drug-likeness (QED) is 0.146. The van der Waals surface area contributed by atoms with Crippen LogP contribution in [0.15, 0.2) is 97.1 Å². The second-order valence-corrected chi connectivity index (χ2v) is 8.30. The minimum absolute atomic E-state index is 0.0621. The Labute approximate surface area is 219 Å². The first-order chi connectivity index (χ1) is 18.3. The Bertz CT molecular complexity index is 1350. The summed E-state index contributed by atoms with van der Waals surface area (Å²) in [6.07, 6.45) is 1.04. The molecule has 0 aliphatic carbocycles. The Balaban J connectivity index is 0.000000211. The van der Waals surface area contributed by atoms with E-state index in [9.17, 15) is 29.8 Å². The average molecular weight is 511 g/mol. The van der Waals surface area contributed by atoms with Crippen LogP contribution < -0.4 is 0 Å². The molecule has 0 atom stereocenters. The van der Waals surface area contributed by atoms with Gasteiger partial charge in [0.2, 0.25) is 0 Å². The molecular formula is C30H26N2O6. The fourth-order valence-corrected chi connectivity index (χ4v) is 3.89. The number of carbonyl (C=O) groups excluding carboxylic acids is 2. The fraction of sp³-hybridized carbons (Fsp3) is 0.133. The van der Waals surface area contributed by atoms with E-state index in [4.69, 9.17) is 0 Å². The van der Waals surface area contributed by atoms with Crippen LogP contribution in [0.1, 0.15) is 56.8 Å². The monoisotopic (exact) mass is 510 g/mol. The molecular weight excluding hydrogens is 484 g/mol. The van der Waals surface area contributed by atoms with Crippen LogP contribution in [0, 0.1) is 20.2 Å². The van der Waals surface area contributed by atoms with Gasteiger partial charge in [0.1, 0.15) is 0 Å². The van der Waals surface area contributed by atoms with E-state index in [1.54, 1.807) is 60.7 Å². The molecule has 38 heavy (non-hydrogen) atoms. The lowest BCUT2D eigenvalue weighted by Crippen LogP contribution is -2.03. The molecule has 0 fully saturated rings. The third-order valence-corrected chi connectivity index (χ3v) is 5.91. The number of carbonyl (C=O) groups is 2. The van der Waals surface area contributed by atoms with Crippen LogP contribution >= 0.6 is 0 Å². The van der Waals surface area contributed by atoms with Gasteiger partial charge in [-0.15, -0.1) is 0 Å². The van der Waals surface area contributed by atoms with Gasteiger partial charge in [-0.25, -0.2) is 0 Å². The molecule has 0 radical (unpaired) electrons. The highest BCUT2D eigenvalue weighted by molar-refractivity contribution is 6.09. The minimum atomic E-state index is -0.421. The Morgan fingerprint density at radius 2 is 0.895 bits per heavy atom. The van der Waals surface area contributed by atoms with Crippen molar-refractivity contribution >= 4 is 22.9 Å². The Morgan fingerprint density at radius 1 is 0.553 bits per heavy atom. The highest BCUT2D eigenvalue weighted by Crippen LogP contribution is 2.23. The maximum atomic E-state index is 12.2. The molecule has 4 aromatic rings. The lowest BCUT2D eigenvalue weighted by molar-refractivity contribution is -0.385. The number of rotatable bonds is 8. The summed E-state index contributed by atoms with van der Waals surface area (Å²) in [5.74, 6) is -0.240. The van der Waals surface area contributed by atoms with Gasteiger partial charge in [0.05, 0.1) is 9.85 Å². The number of hydrogen-bond acceptors (Lipinski definition) is 6. The van der Waals surface area contributed by atoms with Crippen LogP contribution in [-0.2, 0) is 12.8 Å². The third kappa shape index (κ3) is 6.61. The van der Waals surface area contributed by atoms with Gasteiger partial charge in [-0.3, -0.25) is 29.8 Å². The molecule has 4 rings (SSSR count). The summed E-state index contributed by atoms with van der Waals surface area (Å²) in [7, 11) is 0. The van der Waals surface area contributed by atoms with Crippen LogP contribution in [0.4, 0.5) is 11.4 Å². The zero-order valence-electron chi connectivity index (χ0n) is 21.0. The lowest BCUT2D eigenvalue weighted by Gasteiger charge is -2.04. The van der Waals surface area contributed by atoms with E-state index >= 15 is 0 Å². The summed E-state index contributed by atoms with van der Waals surface area (Å²) in [5, 5.41) is 21.7. The number of nitro benzene ring substituents is 2. The summed E-state index contributed by atoms with van der Waals surface area (Å²) in [6.45, 7) is 3.66. The van der Waals surface area contributed by atoms with E-state index in [1.807, 2.05) is 26.0 Å². The van der Waals surface area contributed by atoms with E-state index in [-0.39, 0.29) is 22.9 Å². The lowest BCUT2D eigenvalue weighted by atomic mass is 9.99. The predicted octanol–water partition coefficient (Wildman–Crippen LogP) is 6.78. The molecule has 192 valence electrons. The first-order valence-corrected chi connectivity index (χ1v) is 12.0. The SMILES string of the molecule is CCc1cc(C(=O)c2ccccc2)ccc1[N+](=O)[O-].CCc1cc(C(=O)c2ccccc2)ccc1[N+](=O)[O-]. The molecule has 0 heterocycles. The van der Waals surface area contributed by atoms with E-state index in [0.29, 0.717) is 46.2 Å². The first kappa shape index (κ1) is 27.6. The molecule has 4 aromatic carbocycles. The number of nitrogens with zero attached hydrogens (tertiary/aromatic N) is 2. The van der Waals surface area contributed by atoms with Gasteiger partial charge in [-0.1, -0.05) is 74.5 Å². The van der Waals surface area contributed by atoms with Crippen LogP contribution in [0.2, 0.25) is 0 Å². The van der Waals surface area contributed by atoms with Gasteiger partial charge in [0.25, 0.3) is 11.4 Å².